The summed E-state index contributed by atoms with van der Waals surface area (Å²) in [5.74, 6) is 1.01. The first-order valence-corrected chi connectivity index (χ1v) is 6.51. The van der Waals surface area contributed by atoms with Crippen LogP contribution in [0, 0.1) is 5.92 Å². The molecule has 0 aromatic carbocycles. The molecule has 1 unspecified atom stereocenters. The highest BCUT2D eigenvalue weighted by molar-refractivity contribution is 7.07. The van der Waals surface area contributed by atoms with Crippen LogP contribution in [0.15, 0.2) is 16.8 Å². The van der Waals surface area contributed by atoms with Crippen LogP contribution in [0.4, 0.5) is 0 Å². The molecule has 14 heavy (non-hydrogen) atoms. The third-order valence-electron chi connectivity index (χ3n) is 3.31. The average molecular weight is 209 g/mol. The SMILES string of the molecule is CNC(Cc1ccsc1)CC1CCC1. The highest BCUT2D eigenvalue weighted by Gasteiger charge is 2.21. The van der Waals surface area contributed by atoms with Gasteiger partial charge in [-0.25, -0.2) is 0 Å². The predicted molar refractivity (Wildman–Crippen MR) is 62.8 cm³/mol. The normalized spacial score (nSPS) is 19.2. The molecule has 0 amide bonds. The van der Waals surface area contributed by atoms with Gasteiger partial charge in [0.25, 0.3) is 0 Å². The lowest BCUT2D eigenvalue weighted by Crippen LogP contribution is -2.31. The fraction of sp³-hybridized carbons (Fsp3) is 0.667. The van der Waals surface area contributed by atoms with Crippen molar-refractivity contribution in [3.05, 3.63) is 22.4 Å². The smallest absolute Gasteiger partial charge is 0.0107 e. The Balaban J connectivity index is 1.80. The standard InChI is InChI=1S/C12H19NS/c1-13-12(7-10-3-2-4-10)8-11-5-6-14-9-11/h5-6,9-10,12-13H,2-4,7-8H2,1H3. The van der Waals surface area contributed by atoms with Crippen LogP contribution in [0.3, 0.4) is 0 Å². The van der Waals surface area contributed by atoms with Crippen molar-refractivity contribution in [2.45, 2.75) is 38.1 Å². The molecule has 1 aromatic heterocycles. The van der Waals surface area contributed by atoms with E-state index in [0.717, 1.165) is 5.92 Å². The van der Waals surface area contributed by atoms with Gasteiger partial charge in [-0.1, -0.05) is 19.3 Å². The second-order valence-corrected chi connectivity index (χ2v) is 5.13. The van der Waals surface area contributed by atoms with Crippen molar-refractivity contribution in [3.8, 4) is 0 Å². The summed E-state index contributed by atoms with van der Waals surface area (Å²) in [6, 6.07) is 2.94. The lowest BCUT2D eigenvalue weighted by atomic mass is 9.80. The van der Waals surface area contributed by atoms with E-state index >= 15 is 0 Å². The van der Waals surface area contributed by atoms with Crippen LogP contribution in [-0.4, -0.2) is 13.1 Å². The fourth-order valence-electron chi connectivity index (χ4n) is 2.13. The second-order valence-electron chi connectivity index (χ2n) is 4.35. The number of hydrogen-bond acceptors (Lipinski definition) is 2. The van der Waals surface area contributed by atoms with E-state index < -0.39 is 0 Å². The van der Waals surface area contributed by atoms with Gasteiger partial charge < -0.3 is 5.32 Å². The minimum atomic E-state index is 0.690. The van der Waals surface area contributed by atoms with Gasteiger partial charge in [0.05, 0.1) is 0 Å². The molecular weight excluding hydrogens is 190 g/mol. The summed E-state index contributed by atoms with van der Waals surface area (Å²) in [4.78, 5) is 0. The minimum absolute atomic E-state index is 0.690. The molecule has 0 spiro atoms. The Labute approximate surface area is 90.5 Å². The Morgan fingerprint density at radius 2 is 2.43 bits per heavy atom. The first-order chi connectivity index (χ1) is 6.88. The monoisotopic (exact) mass is 209 g/mol. The predicted octanol–water partition coefficient (Wildman–Crippen LogP) is 3.07. The van der Waals surface area contributed by atoms with Gasteiger partial charge in [0.15, 0.2) is 0 Å². The first kappa shape index (κ1) is 10.2. The van der Waals surface area contributed by atoms with Crippen LogP contribution in [-0.2, 0) is 6.42 Å². The zero-order valence-corrected chi connectivity index (χ0v) is 9.65. The lowest BCUT2D eigenvalue weighted by Gasteiger charge is -2.29. The van der Waals surface area contributed by atoms with Gasteiger partial charge in [0.1, 0.15) is 0 Å². The van der Waals surface area contributed by atoms with E-state index in [4.69, 9.17) is 0 Å². The van der Waals surface area contributed by atoms with E-state index in [9.17, 15) is 0 Å². The Morgan fingerprint density at radius 3 is 2.93 bits per heavy atom. The molecule has 78 valence electrons. The van der Waals surface area contributed by atoms with Crippen LogP contribution in [0.2, 0.25) is 0 Å². The van der Waals surface area contributed by atoms with Crippen LogP contribution in [0.25, 0.3) is 0 Å². The zero-order valence-electron chi connectivity index (χ0n) is 8.83. The van der Waals surface area contributed by atoms with Gasteiger partial charge in [-0.15, -0.1) is 0 Å². The van der Waals surface area contributed by atoms with Crippen LogP contribution >= 0.6 is 11.3 Å². The van der Waals surface area contributed by atoms with Gasteiger partial charge in [-0.05, 0) is 48.2 Å². The third kappa shape index (κ3) is 2.58. The molecule has 0 aliphatic heterocycles. The second kappa shape index (κ2) is 4.94. The summed E-state index contributed by atoms with van der Waals surface area (Å²) in [6.07, 6.45) is 6.95. The number of rotatable bonds is 5. The van der Waals surface area contributed by atoms with E-state index in [1.165, 1.54) is 37.7 Å². The fourth-order valence-corrected chi connectivity index (χ4v) is 2.81. The van der Waals surface area contributed by atoms with Crippen LogP contribution in [0.5, 0.6) is 0 Å². The first-order valence-electron chi connectivity index (χ1n) is 5.57. The van der Waals surface area contributed by atoms with Crippen molar-refractivity contribution in [2.75, 3.05) is 7.05 Å². The maximum Gasteiger partial charge on any atom is 0.0107 e. The highest BCUT2D eigenvalue weighted by atomic mass is 32.1. The minimum Gasteiger partial charge on any atom is -0.317 e. The molecule has 2 heteroatoms. The maximum absolute atomic E-state index is 3.44. The van der Waals surface area contributed by atoms with E-state index in [1.807, 2.05) is 0 Å². The topological polar surface area (TPSA) is 12.0 Å². The van der Waals surface area contributed by atoms with Crippen molar-refractivity contribution in [2.24, 2.45) is 5.92 Å². The van der Waals surface area contributed by atoms with Gasteiger partial charge >= 0.3 is 0 Å². The van der Waals surface area contributed by atoms with Crippen molar-refractivity contribution in [1.29, 1.82) is 0 Å². The molecule has 0 saturated heterocycles. The Bertz CT molecular complexity index is 251. The maximum atomic E-state index is 3.44. The number of thiophene rings is 1. The molecule has 1 N–H and O–H groups in total. The van der Waals surface area contributed by atoms with E-state index in [2.05, 4.69) is 29.2 Å². The van der Waals surface area contributed by atoms with Crippen LogP contribution in [0.1, 0.15) is 31.2 Å². The number of nitrogens with one attached hydrogen (secondary N) is 1. The molecule has 1 aliphatic rings. The van der Waals surface area contributed by atoms with Gasteiger partial charge in [-0.2, -0.15) is 11.3 Å². The molecule has 0 bridgehead atoms. The van der Waals surface area contributed by atoms with Crippen molar-refractivity contribution in [3.63, 3.8) is 0 Å². The van der Waals surface area contributed by atoms with Gasteiger partial charge in [0, 0.05) is 6.04 Å². The third-order valence-corrected chi connectivity index (χ3v) is 4.05. The van der Waals surface area contributed by atoms with Gasteiger partial charge in [0.2, 0.25) is 0 Å². The average Bonchev–Trinajstić information content (AvgIpc) is 2.61. The molecule has 1 atom stereocenters. The van der Waals surface area contributed by atoms with Crippen molar-refractivity contribution in [1.82, 2.24) is 5.32 Å². The van der Waals surface area contributed by atoms with E-state index in [0.29, 0.717) is 6.04 Å². The number of likely N-dealkylation sites (N-methyl/N-ethyl adjacent to an activating group) is 1. The molecule has 1 fully saturated rings. The molecule has 1 aromatic rings. The molecule has 0 radical (unpaired) electrons. The van der Waals surface area contributed by atoms with Crippen molar-refractivity contribution >= 4 is 11.3 Å². The van der Waals surface area contributed by atoms with Crippen molar-refractivity contribution < 1.29 is 0 Å². The summed E-state index contributed by atoms with van der Waals surface area (Å²) in [7, 11) is 2.09. The molecule has 1 heterocycles. The van der Waals surface area contributed by atoms with Gasteiger partial charge in [-0.3, -0.25) is 0 Å². The number of hydrogen-bond donors (Lipinski definition) is 1. The van der Waals surface area contributed by atoms with E-state index in [1.54, 1.807) is 11.3 Å². The summed E-state index contributed by atoms with van der Waals surface area (Å²) in [5, 5.41) is 7.89. The Kier molecular flexibility index (Phi) is 3.60. The molecule has 1 aliphatic carbocycles. The van der Waals surface area contributed by atoms with Crippen LogP contribution < -0.4 is 5.32 Å². The molecule has 1 saturated carbocycles. The van der Waals surface area contributed by atoms with E-state index in [-0.39, 0.29) is 0 Å². The molecular formula is C12H19NS. The quantitative estimate of drug-likeness (QED) is 0.786. The Hall–Kier alpha value is -0.340. The largest absolute Gasteiger partial charge is 0.317 e. The Morgan fingerprint density at radius 1 is 1.57 bits per heavy atom. The lowest BCUT2D eigenvalue weighted by molar-refractivity contribution is 0.263. The summed E-state index contributed by atoms with van der Waals surface area (Å²) in [6.45, 7) is 0. The zero-order chi connectivity index (χ0) is 9.80. The summed E-state index contributed by atoms with van der Waals surface area (Å²) >= 11 is 1.80. The molecule has 1 nitrogen and oxygen atoms in total. The summed E-state index contributed by atoms with van der Waals surface area (Å²) in [5.41, 5.74) is 1.49. The highest BCUT2D eigenvalue weighted by Crippen LogP contribution is 2.31. The molecule has 2 rings (SSSR count). The summed E-state index contributed by atoms with van der Waals surface area (Å²) < 4.78 is 0.